The predicted octanol–water partition coefficient (Wildman–Crippen LogP) is 5.70. The normalized spacial score (nSPS) is 11.9. The number of para-hydroxylation sites is 1. The number of benzene rings is 3. The first-order valence-corrected chi connectivity index (χ1v) is 12.6. The molecule has 5 heteroatoms. The number of aliphatic hydroxyl groups is 1. The number of H-pyrrole nitrogens is 1. The van der Waals surface area contributed by atoms with Crippen molar-refractivity contribution in [2.24, 2.45) is 5.73 Å². The molecule has 5 nitrogen and oxygen atoms in total. The number of primary amides is 1. The molecule has 4 aromatic rings. The van der Waals surface area contributed by atoms with Crippen molar-refractivity contribution < 1.29 is 14.6 Å². The molecule has 0 radical (unpaired) electrons. The second-order valence-corrected chi connectivity index (χ2v) is 9.94. The number of ether oxygens (including phenoxy) is 1. The minimum absolute atomic E-state index is 0.126. The van der Waals surface area contributed by atoms with Gasteiger partial charge in [-0.2, -0.15) is 0 Å². The van der Waals surface area contributed by atoms with Gasteiger partial charge in [-0.25, -0.2) is 0 Å². The fourth-order valence-electron chi connectivity index (χ4n) is 4.93. The van der Waals surface area contributed by atoms with Crippen molar-refractivity contribution in [1.29, 1.82) is 0 Å². The van der Waals surface area contributed by atoms with Crippen LogP contribution >= 0.6 is 0 Å². The minimum Gasteiger partial charge on any atom is -0.490 e. The molecule has 190 valence electrons. The fraction of sp³-hybridized carbons (Fsp3) is 0.281. The van der Waals surface area contributed by atoms with Gasteiger partial charge in [0, 0.05) is 39.7 Å². The summed E-state index contributed by atoms with van der Waals surface area (Å²) in [5.74, 6) is 6.04. The van der Waals surface area contributed by atoms with Gasteiger partial charge in [0.1, 0.15) is 5.75 Å². The first-order chi connectivity index (χ1) is 17.7. The van der Waals surface area contributed by atoms with Gasteiger partial charge >= 0.3 is 0 Å². The number of amides is 1. The zero-order chi connectivity index (χ0) is 26.7. The summed E-state index contributed by atoms with van der Waals surface area (Å²) in [6, 6.07) is 15.9. The molecule has 3 aromatic carbocycles. The Morgan fingerprint density at radius 3 is 2.41 bits per heavy atom. The van der Waals surface area contributed by atoms with E-state index >= 15 is 0 Å². The van der Waals surface area contributed by atoms with Gasteiger partial charge in [-0.15, -0.1) is 0 Å². The molecule has 0 fully saturated rings. The molecule has 4 N–H and O–H groups in total. The molecule has 0 aliphatic rings. The Balaban J connectivity index is 1.85. The molecule has 4 rings (SSSR count). The van der Waals surface area contributed by atoms with Crippen LogP contribution in [0.5, 0.6) is 5.75 Å². The van der Waals surface area contributed by atoms with Gasteiger partial charge in [0.05, 0.1) is 18.3 Å². The second kappa shape index (κ2) is 10.9. The van der Waals surface area contributed by atoms with E-state index in [4.69, 9.17) is 10.5 Å². The molecule has 0 aliphatic heterocycles. The maximum atomic E-state index is 12.6. The van der Waals surface area contributed by atoms with E-state index in [0.29, 0.717) is 17.7 Å². The lowest BCUT2D eigenvalue weighted by Gasteiger charge is -2.23. The molecule has 0 aliphatic carbocycles. The van der Waals surface area contributed by atoms with Gasteiger partial charge in [0.15, 0.2) is 0 Å². The van der Waals surface area contributed by atoms with E-state index in [2.05, 4.69) is 41.9 Å². The number of aliphatic hydroxyl groups excluding tert-OH is 1. The van der Waals surface area contributed by atoms with Crippen LogP contribution in [0.4, 0.5) is 0 Å². The van der Waals surface area contributed by atoms with Gasteiger partial charge in [-0.05, 0) is 75.9 Å². The van der Waals surface area contributed by atoms with Crippen molar-refractivity contribution in [1.82, 2.24) is 4.98 Å². The molecule has 0 bridgehead atoms. The number of hydrogen-bond donors (Lipinski definition) is 3. The molecule has 1 heterocycles. The molecule has 0 spiro atoms. The fourth-order valence-corrected chi connectivity index (χ4v) is 4.93. The number of aromatic amines is 1. The number of carbonyl (C=O) groups is 1. The topological polar surface area (TPSA) is 88.3 Å². The molecule has 37 heavy (non-hydrogen) atoms. The van der Waals surface area contributed by atoms with Crippen molar-refractivity contribution in [3.8, 4) is 17.6 Å². The van der Waals surface area contributed by atoms with Crippen molar-refractivity contribution >= 4 is 16.8 Å². The number of nitrogens with two attached hydrogens (primary N) is 1. The summed E-state index contributed by atoms with van der Waals surface area (Å²) in [5, 5.41) is 11.6. The lowest BCUT2D eigenvalue weighted by molar-refractivity contribution is 0.0994. The van der Waals surface area contributed by atoms with Crippen LogP contribution in [0.2, 0.25) is 0 Å². The van der Waals surface area contributed by atoms with Crippen LogP contribution in [0.15, 0.2) is 54.7 Å². The zero-order valence-electron chi connectivity index (χ0n) is 22.1. The van der Waals surface area contributed by atoms with E-state index < -0.39 is 5.91 Å². The first kappa shape index (κ1) is 26.1. The summed E-state index contributed by atoms with van der Waals surface area (Å²) in [5.41, 5.74) is 13.9. The minimum atomic E-state index is -0.591. The predicted molar refractivity (Wildman–Crippen MR) is 149 cm³/mol. The highest BCUT2D eigenvalue weighted by atomic mass is 16.5. The number of aryl methyl sites for hydroxylation is 3. The van der Waals surface area contributed by atoms with Crippen molar-refractivity contribution in [3.63, 3.8) is 0 Å². The Labute approximate surface area is 218 Å². The molecule has 0 saturated heterocycles. The zero-order valence-corrected chi connectivity index (χ0v) is 22.1. The van der Waals surface area contributed by atoms with E-state index in [9.17, 15) is 9.90 Å². The maximum Gasteiger partial charge on any atom is 0.252 e. The van der Waals surface area contributed by atoms with Crippen LogP contribution in [0.3, 0.4) is 0 Å². The smallest absolute Gasteiger partial charge is 0.252 e. The third kappa shape index (κ3) is 5.71. The third-order valence-electron chi connectivity index (χ3n) is 6.55. The number of nitrogens with one attached hydrogen (secondary N) is 1. The molecule has 0 unspecified atom stereocenters. The monoisotopic (exact) mass is 494 g/mol. The Morgan fingerprint density at radius 2 is 1.76 bits per heavy atom. The largest absolute Gasteiger partial charge is 0.490 e. The summed E-state index contributed by atoms with van der Waals surface area (Å²) in [7, 11) is 0. The molecule has 1 aromatic heterocycles. The molecule has 1 amide bonds. The number of hydrogen-bond acceptors (Lipinski definition) is 3. The number of fused-ring (bicyclic) bond motifs is 1. The number of rotatable bonds is 7. The van der Waals surface area contributed by atoms with Crippen LogP contribution < -0.4 is 10.5 Å². The van der Waals surface area contributed by atoms with E-state index in [1.54, 1.807) is 6.07 Å². The molecule has 1 atom stereocenters. The highest BCUT2D eigenvalue weighted by molar-refractivity contribution is 5.96. The van der Waals surface area contributed by atoms with Crippen molar-refractivity contribution in [3.05, 3.63) is 99.2 Å². The Bertz CT molecular complexity index is 1500. The van der Waals surface area contributed by atoms with Crippen LogP contribution in [-0.2, 0) is 6.42 Å². The van der Waals surface area contributed by atoms with Crippen LogP contribution in [0, 0.1) is 32.6 Å². The Kier molecular flexibility index (Phi) is 7.71. The van der Waals surface area contributed by atoms with E-state index in [-0.39, 0.29) is 24.2 Å². The number of aromatic nitrogens is 1. The van der Waals surface area contributed by atoms with E-state index in [0.717, 1.165) is 38.7 Å². The van der Waals surface area contributed by atoms with Gasteiger partial charge in [-0.3, -0.25) is 4.79 Å². The highest BCUT2D eigenvalue weighted by Crippen LogP contribution is 2.36. The molecule has 0 saturated carbocycles. The second-order valence-electron chi connectivity index (χ2n) is 9.94. The summed E-state index contributed by atoms with van der Waals surface area (Å²) >= 11 is 0. The maximum absolute atomic E-state index is 12.6. The van der Waals surface area contributed by atoms with E-state index in [1.807, 2.05) is 58.2 Å². The summed E-state index contributed by atoms with van der Waals surface area (Å²) in [6.07, 6.45) is 2.34. The first-order valence-electron chi connectivity index (χ1n) is 12.6. The van der Waals surface area contributed by atoms with E-state index in [1.165, 1.54) is 5.56 Å². The van der Waals surface area contributed by atoms with Crippen molar-refractivity contribution in [2.45, 2.75) is 53.1 Å². The SMILES string of the molecule is Cc1cc(C)c(C#Cc2cc(C(N)=O)c(OC(C)C)c([C@H](CO)Cc3c[nH]c4ccccc34)c2)c(C)c1. The van der Waals surface area contributed by atoms with Crippen LogP contribution in [0.1, 0.15) is 69.1 Å². The average molecular weight is 495 g/mol. The quantitative estimate of drug-likeness (QED) is 0.288. The highest BCUT2D eigenvalue weighted by Gasteiger charge is 2.24. The van der Waals surface area contributed by atoms with Gasteiger partial charge < -0.3 is 20.6 Å². The summed E-state index contributed by atoms with van der Waals surface area (Å²) in [6.45, 7) is 9.84. The standard InChI is InChI=1S/C32H34N2O3/c1-19(2)37-31-28(25(18-35)16-24-17-34-30-9-7-6-8-27(24)30)14-23(15-29(31)32(33)36)10-11-26-21(4)12-20(3)13-22(26)5/h6-9,12-15,17,19,25,34-35H,16,18H2,1-5H3,(H2,33,36)/t25-/m0/s1. The summed E-state index contributed by atoms with van der Waals surface area (Å²) < 4.78 is 6.13. The van der Waals surface area contributed by atoms with Gasteiger partial charge in [-0.1, -0.05) is 47.7 Å². The molecular weight excluding hydrogens is 460 g/mol. The van der Waals surface area contributed by atoms with Gasteiger partial charge in [0.25, 0.3) is 5.91 Å². The van der Waals surface area contributed by atoms with Crippen LogP contribution in [-0.4, -0.2) is 28.7 Å². The van der Waals surface area contributed by atoms with Gasteiger partial charge in [0.2, 0.25) is 0 Å². The van der Waals surface area contributed by atoms with Crippen LogP contribution in [0.25, 0.3) is 10.9 Å². The third-order valence-corrected chi connectivity index (χ3v) is 6.55. The summed E-state index contributed by atoms with van der Waals surface area (Å²) in [4.78, 5) is 15.9. The lowest BCUT2D eigenvalue weighted by atomic mass is 9.88. The number of carbonyl (C=O) groups excluding carboxylic acids is 1. The molecular formula is C32H34N2O3. The average Bonchev–Trinajstić information content (AvgIpc) is 3.25. The Morgan fingerprint density at radius 1 is 1.05 bits per heavy atom. The van der Waals surface area contributed by atoms with Crippen molar-refractivity contribution in [2.75, 3.05) is 6.61 Å². The Hall–Kier alpha value is -4.01. The lowest BCUT2D eigenvalue weighted by Crippen LogP contribution is -2.19.